The summed E-state index contributed by atoms with van der Waals surface area (Å²) in [6.45, 7) is 0.767. The molecule has 26 heavy (non-hydrogen) atoms. The number of rotatable bonds is 6. The Bertz CT molecular complexity index is 619. The molecule has 2 aliphatic rings. The number of nitrogens with one attached hydrogen (secondary N) is 2. The van der Waals surface area contributed by atoms with E-state index < -0.39 is 11.7 Å². The molecule has 1 aromatic carbocycles. The van der Waals surface area contributed by atoms with E-state index in [1.807, 2.05) is 0 Å². The molecule has 3 nitrogen and oxygen atoms in total. The van der Waals surface area contributed by atoms with Gasteiger partial charge in [-0.3, -0.25) is 4.79 Å². The Hall–Kier alpha value is -1.27. The molecule has 3 rings (SSSR count). The number of amides is 1. The first-order valence-corrected chi connectivity index (χ1v) is 9.52. The molecule has 2 fully saturated rings. The average Bonchev–Trinajstić information content (AvgIpc) is 2.49. The summed E-state index contributed by atoms with van der Waals surface area (Å²) in [4.78, 5) is 12.0. The Kier molecular flexibility index (Phi) is 6.13. The molecule has 2 N–H and O–H groups in total. The highest BCUT2D eigenvalue weighted by Crippen LogP contribution is 2.36. The van der Waals surface area contributed by atoms with Crippen molar-refractivity contribution in [1.82, 2.24) is 10.6 Å². The van der Waals surface area contributed by atoms with Crippen LogP contribution < -0.4 is 10.6 Å². The number of halogens is 4. The van der Waals surface area contributed by atoms with Gasteiger partial charge in [0.05, 0.1) is 6.42 Å². The summed E-state index contributed by atoms with van der Waals surface area (Å²) in [6.07, 6.45) is 2.89. The van der Waals surface area contributed by atoms with E-state index in [4.69, 9.17) is 11.6 Å². The van der Waals surface area contributed by atoms with E-state index in [9.17, 15) is 18.0 Å². The van der Waals surface area contributed by atoms with Gasteiger partial charge in [-0.05, 0) is 61.9 Å². The number of carbonyl (C=O) groups is 1. The minimum Gasteiger partial charge on any atom is -0.353 e. The molecule has 1 amide bonds. The van der Waals surface area contributed by atoms with Crippen molar-refractivity contribution in [2.75, 3.05) is 6.54 Å². The molecular formula is C19H24ClF3N2O. The summed E-state index contributed by atoms with van der Waals surface area (Å²) in [5.74, 6) is -2.76. The molecule has 1 aromatic rings. The maximum absolute atomic E-state index is 13.3. The Morgan fingerprint density at radius 1 is 1.15 bits per heavy atom. The van der Waals surface area contributed by atoms with E-state index in [0.29, 0.717) is 30.4 Å². The Morgan fingerprint density at radius 3 is 2.50 bits per heavy atom. The maximum Gasteiger partial charge on any atom is 0.248 e. The van der Waals surface area contributed by atoms with E-state index in [-0.39, 0.29) is 36.2 Å². The normalized spacial score (nSPS) is 25.5. The van der Waals surface area contributed by atoms with Gasteiger partial charge in [0, 0.05) is 29.9 Å². The summed E-state index contributed by atoms with van der Waals surface area (Å²) < 4.78 is 39.6. The molecular weight excluding hydrogens is 365 g/mol. The van der Waals surface area contributed by atoms with Crippen LogP contribution in [0.5, 0.6) is 0 Å². The number of benzene rings is 1. The number of alkyl halides is 2. The Labute approximate surface area is 156 Å². The molecule has 0 bridgehead atoms. The fourth-order valence-corrected chi connectivity index (χ4v) is 3.96. The molecule has 2 saturated carbocycles. The molecule has 0 unspecified atom stereocenters. The zero-order chi connectivity index (χ0) is 18.7. The van der Waals surface area contributed by atoms with Crippen LogP contribution in [-0.4, -0.2) is 30.5 Å². The smallest absolute Gasteiger partial charge is 0.248 e. The van der Waals surface area contributed by atoms with Gasteiger partial charge in [-0.1, -0.05) is 11.6 Å². The van der Waals surface area contributed by atoms with E-state index in [0.717, 1.165) is 19.4 Å². The summed E-state index contributed by atoms with van der Waals surface area (Å²) >= 11 is 5.79. The first-order valence-electron chi connectivity index (χ1n) is 9.14. The van der Waals surface area contributed by atoms with Crippen molar-refractivity contribution < 1.29 is 18.0 Å². The van der Waals surface area contributed by atoms with Crippen LogP contribution in [0.4, 0.5) is 13.2 Å². The van der Waals surface area contributed by atoms with Gasteiger partial charge in [0.1, 0.15) is 5.82 Å². The van der Waals surface area contributed by atoms with Crippen LogP contribution in [0.1, 0.15) is 44.1 Å². The van der Waals surface area contributed by atoms with Gasteiger partial charge in [0.15, 0.2) is 0 Å². The third-order valence-corrected chi connectivity index (χ3v) is 5.54. The second-order valence-electron chi connectivity index (χ2n) is 7.59. The van der Waals surface area contributed by atoms with Crippen LogP contribution in [0.25, 0.3) is 0 Å². The van der Waals surface area contributed by atoms with Gasteiger partial charge < -0.3 is 10.6 Å². The van der Waals surface area contributed by atoms with Crippen molar-refractivity contribution in [2.45, 2.75) is 63.0 Å². The fraction of sp³-hybridized carbons (Fsp3) is 0.632. The molecule has 0 aliphatic heterocycles. The van der Waals surface area contributed by atoms with Gasteiger partial charge in [-0.25, -0.2) is 13.2 Å². The van der Waals surface area contributed by atoms with Crippen LogP contribution in [0.2, 0.25) is 5.02 Å². The average molecular weight is 389 g/mol. The van der Waals surface area contributed by atoms with Gasteiger partial charge in [0.2, 0.25) is 11.8 Å². The van der Waals surface area contributed by atoms with Gasteiger partial charge in [0.25, 0.3) is 0 Å². The van der Waals surface area contributed by atoms with Crippen molar-refractivity contribution in [2.24, 2.45) is 5.92 Å². The summed E-state index contributed by atoms with van der Waals surface area (Å²) in [7, 11) is 0. The highest BCUT2D eigenvalue weighted by Gasteiger charge is 2.36. The second kappa shape index (κ2) is 8.17. The van der Waals surface area contributed by atoms with Crippen molar-refractivity contribution in [3.05, 3.63) is 34.6 Å². The third-order valence-electron chi connectivity index (χ3n) is 5.32. The molecule has 0 atom stereocenters. The van der Waals surface area contributed by atoms with Crippen LogP contribution in [0.15, 0.2) is 18.2 Å². The first kappa shape index (κ1) is 19.5. The van der Waals surface area contributed by atoms with Crippen molar-refractivity contribution >= 4 is 17.5 Å². The molecule has 2 aliphatic carbocycles. The summed E-state index contributed by atoms with van der Waals surface area (Å²) in [5, 5.41) is 6.64. The fourth-order valence-electron chi connectivity index (χ4n) is 3.72. The van der Waals surface area contributed by atoms with Gasteiger partial charge in [-0.15, -0.1) is 0 Å². The molecule has 0 spiro atoms. The lowest BCUT2D eigenvalue weighted by Gasteiger charge is -2.38. The topological polar surface area (TPSA) is 41.1 Å². The highest BCUT2D eigenvalue weighted by molar-refractivity contribution is 6.30. The minimum absolute atomic E-state index is 0.00715. The number of carbonyl (C=O) groups excluding carboxylic acids is 1. The number of hydrogen-bond donors (Lipinski definition) is 2. The van der Waals surface area contributed by atoms with Crippen LogP contribution in [-0.2, 0) is 11.2 Å². The molecule has 144 valence electrons. The standard InChI is InChI=1S/C19H24ClF3N2O/c20-14-5-13(6-15(21)8-14)7-18(26)25-17-9-16(10-17)24-11-12-1-3-19(22,23)4-2-12/h5-6,8,12,16-17,24H,1-4,7,9-11H2,(H,25,26). The zero-order valence-electron chi connectivity index (χ0n) is 14.5. The van der Waals surface area contributed by atoms with Crippen LogP contribution in [0.3, 0.4) is 0 Å². The molecule has 0 radical (unpaired) electrons. The lowest BCUT2D eigenvalue weighted by atomic mass is 9.84. The minimum atomic E-state index is -2.48. The summed E-state index contributed by atoms with van der Waals surface area (Å²) in [5.41, 5.74) is 0.551. The molecule has 0 aromatic heterocycles. The second-order valence-corrected chi connectivity index (χ2v) is 8.03. The highest BCUT2D eigenvalue weighted by atomic mass is 35.5. The van der Waals surface area contributed by atoms with E-state index in [2.05, 4.69) is 10.6 Å². The van der Waals surface area contributed by atoms with E-state index in [1.54, 1.807) is 6.07 Å². The van der Waals surface area contributed by atoms with E-state index in [1.165, 1.54) is 12.1 Å². The number of hydrogen-bond acceptors (Lipinski definition) is 2. The maximum atomic E-state index is 13.3. The third kappa shape index (κ3) is 5.61. The SMILES string of the molecule is O=C(Cc1cc(F)cc(Cl)c1)NC1CC(NCC2CCC(F)(F)CC2)C1. The Balaban J connectivity index is 1.32. The Morgan fingerprint density at radius 2 is 1.85 bits per heavy atom. The largest absolute Gasteiger partial charge is 0.353 e. The van der Waals surface area contributed by atoms with E-state index >= 15 is 0 Å². The lowest BCUT2D eigenvalue weighted by Crippen LogP contribution is -2.53. The monoisotopic (exact) mass is 388 g/mol. The van der Waals surface area contributed by atoms with Crippen molar-refractivity contribution in [3.63, 3.8) is 0 Å². The molecule has 0 heterocycles. The van der Waals surface area contributed by atoms with Crippen LogP contribution in [0, 0.1) is 11.7 Å². The van der Waals surface area contributed by atoms with Crippen molar-refractivity contribution in [1.29, 1.82) is 0 Å². The lowest BCUT2D eigenvalue weighted by molar-refractivity contribution is -0.121. The van der Waals surface area contributed by atoms with Gasteiger partial charge >= 0.3 is 0 Å². The van der Waals surface area contributed by atoms with Crippen molar-refractivity contribution in [3.8, 4) is 0 Å². The zero-order valence-corrected chi connectivity index (χ0v) is 15.3. The van der Waals surface area contributed by atoms with Crippen LogP contribution >= 0.6 is 11.6 Å². The quantitative estimate of drug-likeness (QED) is 0.770. The first-order chi connectivity index (χ1) is 12.3. The van der Waals surface area contributed by atoms with Gasteiger partial charge in [-0.2, -0.15) is 0 Å². The molecule has 7 heteroatoms. The predicted octanol–water partition coefficient (Wildman–Crippen LogP) is 4.08. The summed E-state index contributed by atoms with van der Waals surface area (Å²) in [6, 6.07) is 4.54. The predicted molar refractivity (Wildman–Crippen MR) is 95.0 cm³/mol. The molecule has 0 saturated heterocycles.